The molecule has 3 rings (SSSR count). The third kappa shape index (κ3) is 6.72. The molecular formula is C24H33ClF3N3O4S. The number of likely N-dealkylation sites (tertiary alicyclic amines) is 1. The Labute approximate surface area is 215 Å². The van der Waals surface area contributed by atoms with Crippen LogP contribution in [0.1, 0.15) is 55.5 Å². The number of rotatable bonds is 7. The first-order chi connectivity index (χ1) is 16.6. The Morgan fingerprint density at radius 2 is 1.92 bits per heavy atom. The lowest BCUT2D eigenvalue weighted by atomic mass is 9.81. The first-order valence-electron chi connectivity index (χ1n) is 12.0. The average molecular weight is 552 g/mol. The van der Waals surface area contributed by atoms with Crippen molar-refractivity contribution in [1.82, 2.24) is 15.1 Å². The van der Waals surface area contributed by atoms with Crippen LogP contribution >= 0.6 is 11.6 Å². The number of benzene rings is 1. The van der Waals surface area contributed by atoms with E-state index in [1.54, 1.807) is 4.90 Å². The fraction of sp³-hybridized carbons (Fsp3) is 0.667. The van der Waals surface area contributed by atoms with E-state index in [1.165, 1.54) is 12.3 Å². The van der Waals surface area contributed by atoms with Gasteiger partial charge in [0.2, 0.25) is 5.91 Å². The van der Waals surface area contributed by atoms with E-state index in [1.807, 2.05) is 7.05 Å². The number of hydrogen-bond donors (Lipinski definition) is 1. The van der Waals surface area contributed by atoms with Gasteiger partial charge < -0.3 is 15.1 Å². The summed E-state index contributed by atoms with van der Waals surface area (Å²) >= 11 is 5.63. The molecular weight excluding hydrogens is 519 g/mol. The van der Waals surface area contributed by atoms with Gasteiger partial charge in [-0.2, -0.15) is 13.2 Å². The van der Waals surface area contributed by atoms with Gasteiger partial charge in [0.05, 0.1) is 16.3 Å². The second-order valence-electron chi connectivity index (χ2n) is 10.2. The highest BCUT2D eigenvalue weighted by Crippen LogP contribution is 2.36. The molecule has 0 bridgehead atoms. The van der Waals surface area contributed by atoms with Crippen molar-refractivity contribution in [2.45, 2.75) is 69.9 Å². The summed E-state index contributed by atoms with van der Waals surface area (Å²) in [5, 5.41) is 2.03. The average Bonchev–Trinajstić information content (AvgIpc) is 3.11. The van der Waals surface area contributed by atoms with Crippen LogP contribution in [0.15, 0.2) is 18.2 Å². The minimum Gasteiger partial charge on any atom is -0.340 e. The number of halogens is 4. The van der Waals surface area contributed by atoms with E-state index >= 15 is 0 Å². The molecule has 0 unspecified atom stereocenters. The zero-order valence-corrected chi connectivity index (χ0v) is 22.4. The summed E-state index contributed by atoms with van der Waals surface area (Å²) in [4.78, 5) is 29.8. The van der Waals surface area contributed by atoms with Crippen molar-refractivity contribution < 1.29 is 31.2 Å². The second kappa shape index (κ2) is 10.9. The first-order valence-corrected chi connectivity index (χ1v) is 14.4. The summed E-state index contributed by atoms with van der Waals surface area (Å²) in [5.74, 6) is -1.42. The van der Waals surface area contributed by atoms with Gasteiger partial charge in [0.25, 0.3) is 5.91 Å². The van der Waals surface area contributed by atoms with Gasteiger partial charge in [-0.15, -0.1) is 0 Å². The predicted molar refractivity (Wildman–Crippen MR) is 132 cm³/mol. The lowest BCUT2D eigenvalue weighted by molar-refractivity contribution is -0.137. The van der Waals surface area contributed by atoms with Crippen LogP contribution in [0.5, 0.6) is 0 Å². The van der Waals surface area contributed by atoms with E-state index in [9.17, 15) is 31.2 Å². The van der Waals surface area contributed by atoms with Gasteiger partial charge in [0.1, 0.15) is 15.9 Å². The molecule has 2 amide bonds. The maximum Gasteiger partial charge on any atom is 0.417 e. The Hall–Kier alpha value is -1.85. The van der Waals surface area contributed by atoms with Gasteiger partial charge >= 0.3 is 6.18 Å². The number of hydrogen-bond acceptors (Lipinski definition) is 5. The van der Waals surface area contributed by atoms with E-state index in [0.717, 1.165) is 12.5 Å². The van der Waals surface area contributed by atoms with Gasteiger partial charge in [-0.05, 0) is 70.7 Å². The van der Waals surface area contributed by atoms with Gasteiger partial charge in [0.15, 0.2) is 0 Å². The van der Waals surface area contributed by atoms with Crippen LogP contribution in [0, 0.1) is 5.92 Å². The number of nitrogens with zero attached hydrogens (tertiary/aromatic N) is 2. The quantitative estimate of drug-likeness (QED) is 0.559. The van der Waals surface area contributed by atoms with Crippen molar-refractivity contribution in [3.63, 3.8) is 0 Å². The lowest BCUT2D eigenvalue weighted by Crippen LogP contribution is -2.53. The molecule has 1 aromatic rings. The fourth-order valence-electron chi connectivity index (χ4n) is 5.28. The van der Waals surface area contributed by atoms with Crippen LogP contribution in [0.4, 0.5) is 13.2 Å². The summed E-state index contributed by atoms with van der Waals surface area (Å²) < 4.78 is 63.9. The van der Waals surface area contributed by atoms with E-state index in [0.29, 0.717) is 37.9 Å². The summed E-state index contributed by atoms with van der Waals surface area (Å²) in [6.07, 6.45) is -1.15. The molecule has 4 atom stereocenters. The second-order valence-corrected chi connectivity index (χ2v) is 12.8. The number of carbonyl (C=O) groups is 2. The maximum atomic E-state index is 13.2. The number of amides is 2. The molecule has 2 aliphatic rings. The van der Waals surface area contributed by atoms with E-state index < -0.39 is 38.5 Å². The minimum atomic E-state index is -4.72. The van der Waals surface area contributed by atoms with Crippen LogP contribution in [-0.4, -0.2) is 79.8 Å². The summed E-state index contributed by atoms with van der Waals surface area (Å²) in [6.45, 7) is 4.49. The number of alkyl halides is 3. The smallest absolute Gasteiger partial charge is 0.340 e. The molecule has 36 heavy (non-hydrogen) atoms. The van der Waals surface area contributed by atoms with Crippen molar-refractivity contribution >= 4 is 33.3 Å². The SMILES string of the molecule is CC(C)N(C)[C@@H]1CC[C@H](N2CC[C@H](NC(=O)c3ccc(Cl)c(C(F)(F)F)c3)C2=O)[C@@H](CS(C)(=O)=O)C1. The minimum absolute atomic E-state index is 0.0358. The zero-order chi connectivity index (χ0) is 27.0. The fourth-order valence-corrected chi connectivity index (χ4v) is 6.64. The van der Waals surface area contributed by atoms with E-state index in [2.05, 4.69) is 24.1 Å². The summed E-state index contributed by atoms with van der Waals surface area (Å²) in [5.41, 5.74) is -1.37. The molecule has 12 heteroatoms. The molecule has 1 N–H and O–H groups in total. The highest BCUT2D eigenvalue weighted by atomic mass is 35.5. The molecule has 1 aliphatic carbocycles. The highest BCUT2D eigenvalue weighted by molar-refractivity contribution is 7.90. The van der Waals surface area contributed by atoms with Crippen LogP contribution in [0.2, 0.25) is 5.02 Å². The highest BCUT2D eigenvalue weighted by Gasteiger charge is 2.44. The molecule has 0 radical (unpaired) electrons. The van der Waals surface area contributed by atoms with Gasteiger partial charge in [0, 0.05) is 36.5 Å². The number of nitrogens with one attached hydrogen (secondary N) is 1. The van der Waals surface area contributed by atoms with Gasteiger partial charge in [-0.3, -0.25) is 9.59 Å². The summed E-state index contributed by atoms with van der Waals surface area (Å²) in [6, 6.07) is 2.18. The zero-order valence-electron chi connectivity index (χ0n) is 20.8. The van der Waals surface area contributed by atoms with Crippen LogP contribution in [-0.2, 0) is 20.8 Å². The Kier molecular flexibility index (Phi) is 8.67. The van der Waals surface area contributed by atoms with Crippen molar-refractivity contribution in [2.75, 3.05) is 25.6 Å². The molecule has 1 heterocycles. The largest absolute Gasteiger partial charge is 0.417 e. The van der Waals surface area contributed by atoms with Crippen molar-refractivity contribution in [2.24, 2.45) is 5.92 Å². The van der Waals surface area contributed by atoms with E-state index in [4.69, 9.17) is 11.6 Å². The Bertz CT molecular complexity index is 1100. The van der Waals surface area contributed by atoms with Crippen LogP contribution in [0.3, 0.4) is 0 Å². The molecule has 1 aromatic carbocycles. The van der Waals surface area contributed by atoms with Crippen molar-refractivity contribution in [1.29, 1.82) is 0 Å². The molecule has 2 fully saturated rings. The molecule has 0 spiro atoms. The normalized spacial score (nSPS) is 25.6. The molecule has 7 nitrogen and oxygen atoms in total. The topological polar surface area (TPSA) is 86.8 Å². The van der Waals surface area contributed by atoms with Crippen molar-refractivity contribution in [3.8, 4) is 0 Å². The molecule has 202 valence electrons. The molecule has 1 aliphatic heterocycles. The van der Waals surface area contributed by atoms with Gasteiger partial charge in [-0.25, -0.2) is 8.42 Å². The molecule has 1 saturated carbocycles. The Morgan fingerprint density at radius 1 is 1.25 bits per heavy atom. The van der Waals surface area contributed by atoms with Crippen molar-refractivity contribution in [3.05, 3.63) is 34.3 Å². The van der Waals surface area contributed by atoms with E-state index in [-0.39, 0.29) is 35.2 Å². The predicted octanol–water partition coefficient (Wildman–Crippen LogP) is 3.61. The number of carbonyl (C=O) groups excluding carboxylic acids is 2. The molecule has 1 saturated heterocycles. The van der Waals surface area contributed by atoms with Crippen LogP contribution in [0.25, 0.3) is 0 Å². The first kappa shape index (κ1) is 28.7. The molecule has 0 aromatic heterocycles. The van der Waals surface area contributed by atoms with Crippen LogP contribution < -0.4 is 5.32 Å². The monoisotopic (exact) mass is 551 g/mol. The third-order valence-electron chi connectivity index (χ3n) is 7.30. The Morgan fingerprint density at radius 3 is 2.50 bits per heavy atom. The Balaban J connectivity index is 1.73. The lowest BCUT2D eigenvalue weighted by Gasteiger charge is -2.44. The maximum absolute atomic E-state index is 13.2. The summed E-state index contributed by atoms with van der Waals surface area (Å²) in [7, 11) is -1.28. The third-order valence-corrected chi connectivity index (χ3v) is 8.66. The standard InChI is InChI=1S/C24H33ClF3N3O4S/c1-14(2)30(3)17-6-8-21(16(11-17)13-36(4,34)35)31-10-9-20(23(31)33)29-22(32)15-5-7-19(25)18(12-15)24(26,27)28/h5,7,12,14,16-17,20-21H,6,8-11,13H2,1-4H3,(H,29,32)/t16-,17-,20+,21+/m1/s1. The number of sulfone groups is 1. The van der Waals surface area contributed by atoms with Gasteiger partial charge in [-0.1, -0.05) is 11.6 Å².